The molecule has 0 atom stereocenters. The molecule has 0 aromatic heterocycles. The Balaban J connectivity index is 3.09. The summed E-state index contributed by atoms with van der Waals surface area (Å²) >= 11 is 3.31. The lowest BCUT2D eigenvalue weighted by molar-refractivity contribution is 0.600. The lowest BCUT2D eigenvalue weighted by Gasteiger charge is -2.04. The summed E-state index contributed by atoms with van der Waals surface area (Å²) in [6, 6.07) is 3.53. The van der Waals surface area contributed by atoms with Gasteiger partial charge in [-0.1, -0.05) is 15.9 Å². The van der Waals surface area contributed by atoms with Crippen molar-refractivity contribution >= 4 is 15.9 Å². The van der Waals surface area contributed by atoms with E-state index < -0.39 is 0 Å². The van der Waals surface area contributed by atoms with Gasteiger partial charge in [-0.05, 0) is 43.1 Å². The molecule has 0 spiro atoms. The van der Waals surface area contributed by atoms with Gasteiger partial charge in [-0.3, -0.25) is 0 Å². The van der Waals surface area contributed by atoms with E-state index in [1.165, 1.54) is 0 Å². The molecule has 1 aromatic rings. The van der Waals surface area contributed by atoms with Crippen molar-refractivity contribution in [2.45, 2.75) is 13.3 Å². The van der Waals surface area contributed by atoms with E-state index in [0.29, 0.717) is 24.1 Å². The number of hydrogen-bond acceptors (Lipinski definition) is 1. The molecule has 0 aliphatic rings. The van der Waals surface area contributed by atoms with Gasteiger partial charge in [0.15, 0.2) is 0 Å². The molecule has 0 bridgehead atoms. The average molecular weight is 232 g/mol. The van der Waals surface area contributed by atoms with Crippen molar-refractivity contribution in [3.8, 4) is 0 Å². The fourth-order valence-corrected chi connectivity index (χ4v) is 1.75. The highest BCUT2D eigenvalue weighted by atomic mass is 79.9. The average Bonchev–Trinajstić information content (AvgIpc) is 2.00. The summed E-state index contributed by atoms with van der Waals surface area (Å²) in [5.74, 6) is -0.136. The maximum Gasteiger partial charge on any atom is 0.129 e. The highest BCUT2D eigenvalue weighted by Crippen LogP contribution is 2.19. The predicted molar refractivity (Wildman–Crippen MR) is 51.6 cm³/mol. The summed E-state index contributed by atoms with van der Waals surface area (Å²) in [4.78, 5) is 0. The van der Waals surface area contributed by atoms with E-state index in [0.717, 1.165) is 4.47 Å². The van der Waals surface area contributed by atoms with Crippen LogP contribution in [0.4, 0.5) is 4.39 Å². The maximum absolute atomic E-state index is 13.3. The first-order valence-electron chi connectivity index (χ1n) is 3.79. The minimum Gasteiger partial charge on any atom is -0.330 e. The third-order valence-corrected chi connectivity index (χ3v) is 2.17. The van der Waals surface area contributed by atoms with Crippen LogP contribution < -0.4 is 5.73 Å². The minimum absolute atomic E-state index is 0.136. The lowest BCUT2D eigenvalue weighted by Crippen LogP contribution is -2.05. The number of aryl methyl sites for hydroxylation is 1. The molecular weight excluding hydrogens is 221 g/mol. The Morgan fingerprint density at radius 1 is 1.50 bits per heavy atom. The molecule has 1 rings (SSSR count). The fraction of sp³-hybridized carbons (Fsp3) is 0.333. The molecule has 0 saturated carbocycles. The Labute approximate surface area is 79.9 Å². The molecule has 1 nitrogen and oxygen atoms in total. The predicted octanol–water partition coefficient (Wildman–Crippen LogP) is 2.40. The van der Waals surface area contributed by atoms with Gasteiger partial charge in [0, 0.05) is 4.47 Å². The van der Waals surface area contributed by atoms with Crippen LogP contribution in [0.3, 0.4) is 0 Å². The van der Waals surface area contributed by atoms with Gasteiger partial charge in [-0.25, -0.2) is 4.39 Å². The smallest absolute Gasteiger partial charge is 0.129 e. The summed E-state index contributed by atoms with van der Waals surface area (Å²) in [5, 5.41) is 0. The van der Waals surface area contributed by atoms with Crippen LogP contribution in [-0.4, -0.2) is 6.54 Å². The van der Waals surface area contributed by atoms with Crippen molar-refractivity contribution in [2.24, 2.45) is 5.73 Å². The van der Waals surface area contributed by atoms with Crippen molar-refractivity contribution in [2.75, 3.05) is 6.54 Å². The number of rotatable bonds is 2. The van der Waals surface area contributed by atoms with Crippen LogP contribution in [0.5, 0.6) is 0 Å². The maximum atomic E-state index is 13.3. The summed E-state index contributed by atoms with van der Waals surface area (Å²) in [7, 11) is 0. The van der Waals surface area contributed by atoms with E-state index in [2.05, 4.69) is 15.9 Å². The molecule has 0 radical (unpaired) electrons. The van der Waals surface area contributed by atoms with Crippen molar-refractivity contribution in [3.63, 3.8) is 0 Å². The normalized spacial score (nSPS) is 10.3. The van der Waals surface area contributed by atoms with Gasteiger partial charge in [0.2, 0.25) is 0 Å². The lowest BCUT2D eigenvalue weighted by atomic mass is 10.1. The summed E-state index contributed by atoms with van der Waals surface area (Å²) < 4.78 is 14.2. The third-order valence-electron chi connectivity index (χ3n) is 1.71. The zero-order valence-corrected chi connectivity index (χ0v) is 8.49. The highest BCUT2D eigenvalue weighted by molar-refractivity contribution is 9.10. The molecule has 0 saturated heterocycles. The van der Waals surface area contributed by atoms with Crippen molar-refractivity contribution in [3.05, 3.63) is 33.5 Å². The monoisotopic (exact) mass is 231 g/mol. The van der Waals surface area contributed by atoms with Crippen LogP contribution in [0.1, 0.15) is 11.1 Å². The van der Waals surface area contributed by atoms with Gasteiger partial charge in [0.1, 0.15) is 5.82 Å². The summed E-state index contributed by atoms with van der Waals surface area (Å²) in [6.45, 7) is 2.23. The number of nitrogens with two attached hydrogens (primary N) is 1. The largest absolute Gasteiger partial charge is 0.330 e. The van der Waals surface area contributed by atoms with Crippen molar-refractivity contribution in [1.29, 1.82) is 0 Å². The molecule has 66 valence electrons. The van der Waals surface area contributed by atoms with Crippen molar-refractivity contribution < 1.29 is 4.39 Å². The first-order chi connectivity index (χ1) is 5.65. The first kappa shape index (κ1) is 9.68. The first-order valence-corrected chi connectivity index (χ1v) is 4.59. The van der Waals surface area contributed by atoms with Crippen LogP contribution in [0.2, 0.25) is 0 Å². The van der Waals surface area contributed by atoms with E-state index in [9.17, 15) is 4.39 Å². The van der Waals surface area contributed by atoms with Gasteiger partial charge in [-0.2, -0.15) is 0 Å². The second-order valence-electron chi connectivity index (χ2n) is 2.73. The van der Waals surface area contributed by atoms with Gasteiger partial charge >= 0.3 is 0 Å². The Kier molecular flexibility index (Phi) is 3.23. The molecule has 0 unspecified atom stereocenters. The molecule has 0 heterocycles. The van der Waals surface area contributed by atoms with E-state index >= 15 is 0 Å². The standard InChI is InChI=1S/C9H11BrFN/c1-6-4-8(10)5-7(2-3-12)9(6)11/h4-5H,2-3,12H2,1H3. The third kappa shape index (κ3) is 2.05. The molecule has 2 N–H and O–H groups in total. The van der Waals surface area contributed by atoms with E-state index in [1.807, 2.05) is 0 Å². The molecule has 0 aliphatic carbocycles. The Bertz CT molecular complexity index is 286. The molecule has 0 aliphatic heterocycles. The number of hydrogen-bond donors (Lipinski definition) is 1. The quantitative estimate of drug-likeness (QED) is 0.832. The highest BCUT2D eigenvalue weighted by Gasteiger charge is 2.05. The molecule has 12 heavy (non-hydrogen) atoms. The zero-order valence-electron chi connectivity index (χ0n) is 6.90. The van der Waals surface area contributed by atoms with Crippen LogP contribution in [0, 0.1) is 12.7 Å². The fourth-order valence-electron chi connectivity index (χ4n) is 1.13. The van der Waals surface area contributed by atoms with Crippen LogP contribution >= 0.6 is 15.9 Å². The minimum atomic E-state index is -0.136. The van der Waals surface area contributed by atoms with Crippen LogP contribution in [0.25, 0.3) is 0 Å². The molecule has 3 heteroatoms. The molecule has 0 amide bonds. The van der Waals surface area contributed by atoms with E-state index in [4.69, 9.17) is 5.73 Å². The van der Waals surface area contributed by atoms with Crippen LogP contribution in [-0.2, 0) is 6.42 Å². The van der Waals surface area contributed by atoms with Gasteiger partial charge in [-0.15, -0.1) is 0 Å². The topological polar surface area (TPSA) is 26.0 Å². The second-order valence-corrected chi connectivity index (χ2v) is 3.65. The number of benzene rings is 1. The Hall–Kier alpha value is -0.410. The SMILES string of the molecule is Cc1cc(Br)cc(CCN)c1F. The molecular formula is C9H11BrFN. The summed E-state index contributed by atoms with van der Waals surface area (Å²) in [6.07, 6.45) is 0.589. The molecule has 0 fully saturated rings. The van der Waals surface area contributed by atoms with Crippen LogP contribution in [0.15, 0.2) is 16.6 Å². The van der Waals surface area contributed by atoms with Gasteiger partial charge in [0.25, 0.3) is 0 Å². The van der Waals surface area contributed by atoms with E-state index in [1.54, 1.807) is 19.1 Å². The summed E-state index contributed by atoms with van der Waals surface area (Å²) in [5.41, 5.74) is 6.69. The zero-order chi connectivity index (χ0) is 9.14. The number of halogens is 2. The van der Waals surface area contributed by atoms with Gasteiger partial charge < -0.3 is 5.73 Å². The molecule has 1 aromatic carbocycles. The Morgan fingerprint density at radius 3 is 2.75 bits per heavy atom. The van der Waals surface area contributed by atoms with Gasteiger partial charge in [0.05, 0.1) is 0 Å². The van der Waals surface area contributed by atoms with Crippen molar-refractivity contribution in [1.82, 2.24) is 0 Å². The Morgan fingerprint density at radius 2 is 2.17 bits per heavy atom. The van der Waals surface area contributed by atoms with E-state index in [-0.39, 0.29) is 5.82 Å². The second kappa shape index (κ2) is 4.01.